The third-order valence-electron chi connectivity index (χ3n) is 5.58. The van der Waals surface area contributed by atoms with Crippen molar-refractivity contribution >= 4 is 56.3 Å². The Morgan fingerprint density at radius 3 is 2.36 bits per heavy atom. The van der Waals surface area contributed by atoms with E-state index >= 15 is 0 Å². The summed E-state index contributed by atoms with van der Waals surface area (Å²) in [5, 5.41) is 48.8. The SMILES string of the molecule is N=C(N)c1ccc2nc(-c3cc(C(CC(=O)O)C(=O)O)cc(-c4cc(Cl)cc(Br)c4O)c3O)[nH]c2c1. The molecule has 0 aliphatic carbocycles. The summed E-state index contributed by atoms with van der Waals surface area (Å²) in [6, 6.07) is 10.3. The average molecular weight is 574 g/mol. The molecule has 0 spiro atoms. The third-order valence-corrected chi connectivity index (χ3v) is 6.40. The lowest BCUT2D eigenvalue weighted by Gasteiger charge is -2.17. The van der Waals surface area contributed by atoms with Gasteiger partial charge in [-0.1, -0.05) is 11.6 Å². The van der Waals surface area contributed by atoms with Gasteiger partial charge in [-0.2, -0.15) is 0 Å². The fourth-order valence-electron chi connectivity index (χ4n) is 3.84. The van der Waals surface area contributed by atoms with Gasteiger partial charge >= 0.3 is 11.9 Å². The van der Waals surface area contributed by atoms with Crippen LogP contribution in [0.25, 0.3) is 33.5 Å². The van der Waals surface area contributed by atoms with Gasteiger partial charge in [0.25, 0.3) is 0 Å². The number of fused-ring (bicyclic) bond motifs is 1. The van der Waals surface area contributed by atoms with Crippen molar-refractivity contribution in [2.45, 2.75) is 12.3 Å². The van der Waals surface area contributed by atoms with E-state index in [2.05, 4.69) is 25.9 Å². The highest BCUT2D eigenvalue weighted by atomic mass is 79.9. The number of nitrogens with one attached hydrogen (secondary N) is 2. The van der Waals surface area contributed by atoms with Crippen LogP contribution in [0.3, 0.4) is 0 Å². The van der Waals surface area contributed by atoms with Crippen LogP contribution in [0.4, 0.5) is 0 Å². The number of phenols is 2. The van der Waals surface area contributed by atoms with Gasteiger partial charge in [-0.3, -0.25) is 15.0 Å². The average Bonchev–Trinajstić information content (AvgIpc) is 3.23. The first-order valence-electron chi connectivity index (χ1n) is 10.3. The van der Waals surface area contributed by atoms with Gasteiger partial charge < -0.3 is 31.1 Å². The molecular formula is C24H18BrClN4O6. The largest absolute Gasteiger partial charge is 0.507 e. The van der Waals surface area contributed by atoms with Gasteiger partial charge in [0.1, 0.15) is 23.2 Å². The van der Waals surface area contributed by atoms with E-state index < -0.39 is 24.3 Å². The predicted molar refractivity (Wildman–Crippen MR) is 137 cm³/mol. The van der Waals surface area contributed by atoms with Gasteiger partial charge in [0, 0.05) is 21.7 Å². The van der Waals surface area contributed by atoms with E-state index in [1.165, 1.54) is 24.3 Å². The number of nitrogens with zero attached hydrogens (tertiary/aromatic N) is 1. The highest BCUT2D eigenvalue weighted by Crippen LogP contribution is 2.46. The minimum atomic E-state index is -1.46. The number of amidine groups is 1. The van der Waals surface area contributed by atoms with Crippen LogP contribution in [0.5, 0.6) is 11.5 Å². The Morgan fingerprint density at radius 1 is 1.06 bits per heavy atom. The highest BCUT2D eigenvalue weighted by Gasteiger charge is 2.28. The molecule has 12 heteroatoms. The van der Waals surface area contributed by atoms with E-state index in [1.807, 2.05) is 0 Å². The number of phenolic OH excluding ortho intramolecular Hbond substituents is 2. The standard InChI is InChI=1S/C24H18BrClN4O6/c25-16-7-11(26)6-14(21(16)34)13-3-10(12(24(35)36)8-19(31)32)4-15(20(13)33)23-29-17-2-1-9(22(27)28)5-18(17)30-23/h1-7,12,33-34H,8H2,(H3,27,28)(H,29,30)(H,31,32)(H,35,36). The second-order valence-electron chi connectivity index (χ2n) is 7.97. The van der Waals surface area contributed by atoms with Crippen molar-refractivity contribution in [2.75, 3.05) is 0 Å². The normalized spacial score (nSPS) is 11.9. The molecule has 3 aromatic carbocycles. The van der Waals surface area contributed by atoms with Crippen LogP contribution >= 0.6 is 27.5 Å². The topological polar surface area (TPSA) is 194 Å². The number of aromatic hydroxyl groups is 2. The third kappa shape index (κ3) is 4.70. The summed E-state index contributed by atoms with van der Waals surface area (Å²) in [5.74, 6) is -4.79. The molecule has 4 aromatic rings. The number of nitrogen functional groups attached to an aromatic ring is 1. The predicted octanol–water partition coefficient (Wildman–Crippen LogP) is 4.65. The maximum Gasteiger partial charge on any atom is 0.311 e. The maximum atomic E-state index is 12.0. The van der Waals surface area contributed by atoms with Crippen molar-refractivity contribution in [3.05, 3.63) is 63.1 Å². The van der Waals surface area contributed by atoms with Crippen molar-refractivity contribution in [1.82, 2.24) is 9.97 Å². The lowest BCUT2D eigenvalue weighted by Crippen LogP contribution is -2.16. The number of halogens is 2. The molecule has 1 aromatic heterocycles. The number of carboxylic acids is 2. The van der Waals surface area contributed by atoms with Crippen LogP contribution in [0, 0.1) is 5.41 Å². The number of carboxylic acid groups (broad SMARTS) is 2. The first-order valence-corrected chi connectivity index (χ1v) is 11.5. The Balaban J connectivity index is 2.02. The van der Waals surface area contributed by atoms with Crippen molar-refractivity contribution in [1.29, 1.82) is 5.41 Å². The number of aromatic nitrogens is 2. The van der Waals surface area contributed by atoms with Crippen molar-refractivity contribution in [3.63, 3.8) is 0 Å². The van der Waals surface area contributed by atoms with E-state index in [9.17, 15) is 30.0 Å². The second kappa shape index (κ2) is 9.51. The molecule has 8 N–H and O–H groups in total. The molecule has 0 aliphatic rings. The summed E-state index contributed by atoms with van der Waals surface area (Å²) in [4.78, 5) is 30.8. The minimum Gasteiger partial charge on any atom is -0.507 e. The summed E-state index contributed by atoms with van der Waals surface area (Å²) in [6.07, 6.45) is -0.716. The molecule has 0 bridgehead atoms. The molecule has 0 saturated carbocycles. The monoisotopic (exact) mass is 572 g/mol. The molecule has 0 fully saturated rings. The molecule has 1 atom stereocenters. The molecule has 1 heterocycles. The lowest BCUT2D eigenvalue weighted by molar-refractivity contribution is -0.145. The molecule has 4 rings (SSSR count). The zero-order valence-corrected chi connectivity index (χ0v) is 20.6. The Kier molecular flexibility index (Phi) is 6.61. The highest BCUT2D eigenvalue weighted by molar-refractivity contribution is 9.10. The summed E-state index contributed by atoms with van der Waals surface area (Å²) in [5.41, 5.74) is 7.21. The molecule has 0 saturated heterocycles. The zero-order valence-electron chi connectivity index (χ0n) is 18.2. The number of carbonyl (C=O) groups is 2. The van der Waals surface area contributed by atoms with E-state index in [4.69, 9.17) is 22.7 Å². The number of rotatable bonds is 7. The Labute approximate surface area is 216 Å². The summed E-state index contributed by atoms with van der Waals surface area (Å²) in [6.45, 7) is 0. The van der Waals surface area contributed by atoms with Crippen LogP contribution in [-0.2, 0) is 9.59 Å². The van der Waals surface area contributed by atoms with E-state index in [0.717, 1.165) is 0 Å². The fourth-order valence-corrected chi connectivity index (χ4v) is 4.65. The van der Waals surface area contributed by atoms with Gasteiger partial charge in [-0.05, 0) is 64.0 Å². The maximum absolute atomic E-state index is 12.0. The molecule has 0 radical (unpaired) electrons. The first kappa shape index (κ1) is 25.0. The van der Waals surface area contributed by atoms with Gasteiger partial charge in [0.2, 0.25) is 0 Å². The van der Waals surface area contributed by atoms with E-state index in [1.54, 1.807) is 18.2 Å². The number of aliphatic carboxylic acids is 2. The second-order valence-corrected chi connectivity index (χ2v) is 9.26. The summed E-state index contributed by atoms with van der Waals surface area (Å²) >= 11 is 9.35. The minimum absolute atomic E-state index is 0.0183. The molecule has 36 heavy (non-hydrogen) atoms. The van der Waals surface area contributed by atoms with Gasteiger partial charge in [-0.25, -0.2) is 4.98 Å². The van der Waals surface area contributed by atoms with Crippen LogP contribution in [-0.4, -0.2) is 48.2 Å². The smallest absolute Gasteiger partial charge is 0.311 e. The van der Waals surface area contributed by atoms with Crippen LogP contribution in [0.15, 0.2) is 46.9 Å². The van der Waals surface area contributed by atoms with Crippen LogP contribution < -0.4 is 5.73 Å². The number of benzene rings is 3. The number of nitrogens with two attached hydrogens (primary N) is 1. The Bertz CT molecular complexity index is 1570. The molecule has 0 aliphatic heterocycles. The van der Waals surface area contributed by atoms with Crippen molar-refractivity contribution in [3.8, 4) is 34.0 Å². The Hall–Kier alpha value is -4.09. The number of hydrogen-bond acceptors (Lipinski definition) is 6. The summed E-state index contributed by atoms with van der Waals surface area (Å²) in [7, 11) is 0. The van der Waals surface area contributed by atoms with Crippen molar-refractivity contribution in [2.24, 2.45) is 5.73 Å². The number of imidazole rings is 1. The fraction of sp³-hybridized carbons (Fsp3) is 0.0833. The van der Waals surface area contributed by atoms with Gasteiger partial charge in [0.05, 0.1) is 33.4 Å². The quantitative estimate of drug-likeness (QED) is 0.123. The first-order chi connectivity index (χ1) is 17.0. The summed E-state index contributed by atoms with van der Waals surface area (Å²) < 4.78 is 0.233. The van der Waals surface area contributed by atoms with E-state index in [-0.39, 0.29) is 54.9 Å². The number of aromatic amines is 1. The number of H-pyrrole nitrogens is 1. The van der Waals surface area contributed by atoms with Crippen LogP contribution in [0.1, 0.15) is 23.5 Å². The molecule has 0 amide bonds. The van der Waals surface area contributed by atoms with Gasteiger partial charge in [-0.15, -0.1) is 0 Å². The molecule has 10 nitrogen and oxygen atoms in total. The zero-order chi connectivity index (χ0) is 26.3. The van der Waals surface area contributed by atoms with Crippen molar-refractivity contribution < 1.29 is 30.0 Å². The molecule has 184 valence electrons. The number of hydrogen-bond donors (Lipinski definition) is 7. The van der Waals surface area contributed by atoms with Crippen LogP contribution in [0.2, 0.25) is 5.02 Å². The van der Waals surface area contributed by atoms with Gasteiger partial charge in [0.15, 0.2) is 0 Å². The molecule has 1 unspecified atom stereocenters. The lowest BCUT2D eigenvalue weighted by atomic mass is 9.89. The Morgan fingerprint density at radius 2 is 1.72 bits per heavy atom. The molecular weight excluding hydrogens is 556 g/mol. The van der Waals surface area contributed by atoms with E-state index in [0.29, 0.717) is 16.6 Å².